The van der Waals surface area contributed by atoms with Crippen molar-refractivity contribution in [3.63, 3.8) is 0 Å². The van der Waals surface area contributed by atoms with Gasteiger partial charge in [-0.05, 0) is 55.6 Å². The lowest BCUT2D eigenvalue weighted by molar-refractivity contribution is -0.145. The van der Waals surface area contributed by atoms with Crippen LogP contribution in [-0.2, 0) is 17.6 Å². The molecule has 104 valence electrons. The van der Waals surface area contributed by atoms with Gasteiger partial charge in [-0.1, -0.05) is 19.9 Å². The van der Waals surface area contributed by atoms with Crippen molar-refractivity contribution >= 4 is 5.97 Å². The SMILES string of the molecule is CCc1ccc(CC2CC(C)CCC2C(=O)O)nc1. The number of hydrogen-bond donors (Lipinski definition) is 1. The highest BCUT2D eigenvalue weighted by atomic mass is 16.4. The molecule has 0 bridgehead atoms. The molecule has 1 heterocycles. The minimum atomic E-state index is -0.637. The van der Waals surface area contributed by atoms with Crippen molar-refractivity contribution < 1.29 is 9.90 Å². The number of aromatic nitrogens is 1. The molecule has 1 aromatic heterocycles. The van der Waals surface area contributed by atoms with Gasteiger partial charge in [0.25, 0.3) is 0 Å². The molecule has 0 amide bonds. The first-order chi connectivity index (χ1) is 9.10. The van der Waals surface area contributed by atoms with Crippen LogP contribution in [0.1, 0.15) is 44.4 Å². The number of carbonyl (C=O) groups is 1. The fraction of sp³-hybridized carbons (Fsp3) is 0.625. The van der Waals surface area contributed by atoms with Crippen molar-refractivity contribution in [1.29, 1.82) is 0 Å². The number of carboxylic acids is 1. The van der Waals surface area contributed by atoms with Crippen LogP contribution < -0.4 is 0 Å². The molecule has 0 saturated heterocycles. The monoisotopic (exact) mass is 261 g/mol. The third-order valence-electron chi connectivity index (χ3n) is 4.33. The Balaban J connectivity index is 2.07. The zero-order valence-electron chi connectivity index (χ0n) is 11.8. The van der Waals surface area contributed by atoms with Crippen molar-refractivity contribution in [2.45, 2.75) is 46.0 Å². The summed E-state index contributed by atoms with van der Waals surface area (Å²) < 4.78 is 0. The van der Waals surface area contributed by atoms with Gasteiger partial charge >= 0.3 is 5.97 Å². The minimum Gasteiger partial charge on any atom is -0.481 e. The molecule has 19 heavy (non-hydrogen) atoms. The van der Waals surface area contributed by atoms with Gasteiger partial charge in [0.1, 0.15) is 0 Å². The topological polar surface area (TPSA) is 50.2 Å². The van der Waals surface area contributed by atoms with Gasteiger partial charge in [0.15, 0.2) is 0 Å². The van der Waals surface area contributed by atoms with Crippen LogP contribution in [0.3, 0.4) is 0 Å². The Morgan fingerprint density at radius 1 is 1.42 bits per heavy atom. The predicted octanol–water partition coefficient (Wildman–Crippen LogP) is 3.32. The summed E-state index contributed by atoms with van der Waals surface area (Å²) in [4.78, 5) is 15.8. The van der Waals surface area contributed by atoms with E-state index in [-0.39, 0.29) is 11.8 Å². The fourth-order valence-corrected chi connectivity index (χ4v) is 3.10. The summed E-state index contributed by atoms with van der Waals surface area (Å²) in [5.41, 5.74) is 2.26. The van der Waals surface area contributed by atoms with E-state index in [1.807, 2.05) is 6.20 Å². The maximum absolute atomic E-state index is 11.3. The molecule has 3 atom stereocenters. The van der Waals surface area contributed by atoms with Crippen LogP contribution in [-0.4, -0.2) is 16.1 Å². The first-order valence-corrected chi connectivity index (χ1v) is 7.26. The average molecular weight is 261 g/mol. The van der Waals surface area contributed by atoms with E-state index in [2.05, 4.69) is 31.0 Å². The standard InChI is InChI=1S/C16H23NO2/c1-3-12-5-6-14(17-10-12)9-13-8-11(2)4-7-15(13)16(18)19/h5-6,10-11,13,15H,3-4,7-9H2,1-2H3,(H,18,19). The van der Waals surface area contributed by atoms with Gasteiger partial charge in [-0.2, -0.15) is 0 Å². The highest BCUT2D eigenvalue weighted by Gasteiger charge is 2.33. The van der Waals surface area contributed by atoms with Crippen LogP contribution in [0.25, 0.3) is 0 Å². The van der Waals surface area contributed by atoms with Gasteiger partial charge in [-0.15, -0.1) is 0 Å². The number of aryl methyl sites for hydroxylation is 1. The van der Waals surface area contributed by atoms with Crippen molar-refractivity contribution in [3.8, 4) is 0 Å². The summed E-state index contributed by atoms with van der Waals surface area (Å²) in [7, 11) is 0. The predicted molar refractivity (Wildman–Crippen MR) is 74.9 cm³/mol. The molecule has 1 fully saturated rings. The Morgan fingerprint density at radius 3 is 2.79 bits per heavy atom. The molecule has 3 heteroatoms. The molecule has 1 aliphatic rings. The first kappa shape index (κ1) is 14.0. The van der Waals surface area contributed by atoms with E-state index >= 15 is 0 Å². The van der Waals surface area contributed by atoms with E-state index in [9.17, 15) is 9.90 Å². The summed E-state index contributed by atoms with van der Waals surface area (Å²) >= 11 is 0. The molecular weight excluding hydrogens is 238 g/mol. The molecule has 3 nitrogen and oxygen atoms in total. The molecule has 0 aliphatic heterocycles. The normalized spacial score (nSPS) is 27.2. The maximum Gasteiger partial charge on any atom is 0.306 e. The Hall–Kier alpha value is -1.38. The third-order valence-corrected chi connectivity index (χ3v) is 4.33. The van der Waals surface area contributed by atoms with Crippen LogP contribution in [0.5, 0.6) is 0 Å². The van der Waals surface area contributed by atoms with Gasteiger partial charge in [-0.3, -0.25) is 9.78 Å². The largest absolute Gasteiger partial charge is 0.481 e. The second-order valence-electron chi connectivity index (χ2n) is 5.84. The Bertz CT molecular complexity index is 427. The van der Waals surface area contributed by atoms with Crippen LogP contribution in [0.15, 0.2) is 18.3 Å². The summed E-state index contributed by atoms with van der Waals surface area (Å²) in [6.45, 7) is 4.33. The van der Waals surface area contributed by atoms with E-state index in [0.29, 0.717) is 5.92 Å². The van der Waals surface area contributed by atoms with Gasteiger partial charge in [-0.25, -0.2) is 0 Å². The zero-order valence-corrected chi connectivity index (χ0v) is 11.8. The van der Waals surface area contributed by atoms with Gasteiger partial charge in [0, 0.05) is 11.9 Å². The molecule has 1 aromatic rings. The summed E-state index contributed by atoms with van der Waals surface area (Å²) in [6, 6.07) is 4.15. The molecular formula is C16H23NO2. The van der Waals surface area contributed by atoms with Gasteiger partial charge in [0.2, 0.25) is 0 Å². The quantitative estimate of drug-likeness (QED) is 0.904. The van der Waals surface area contributed by atoms with Crippen molar-refractivity contribution in [2.75, 3.05) is 0 Å². The summed E-state index contributed by atoms with van der Waals surface area (Å²) in [5, 5.41) is 9.33. The third kappa shape index (κ3) is 3.55. The number of rotatable bonds is 4. The smallest absolute Gasteiger partial charge is 0.306 e. The van der Waals surface area contributed by atoms with Crippen LogP contribution >= 0.6 is 0 Å². The van der Waals surface area contributed by atoms with E-state index in [4.69, 9.17) is 0 Å². The molecule has 2 rings (SSSR count). The molecule has 1 saturated carbocycles. The van der Waals surface area contributed by atoms with Crippen LogP contribution in [0.4, 0.5) is 0 Å². The number of hydrogen-bond acceptors (Lipinski definition) is 2. The van der Waals surface area contributed by atoms with Gasteiger partial charge < -0.3 is 5.11 Å². The molecule has 0 spiro atoms. The molecule has 0 aromatic carbocycles. The minimum absolute atomic E-state index is 0.191. The molecule has 1 N–H and O–H groups in total. The number of nitrogens with zero attached hydrogens (tertiary/aromatic N) is 1. The Labute approximate surface area is 115 Å². The second-order valence-corrected chi connectivity index (χ2v) is 5.84. The van der Waals surface area contributed by atoms with E-state index in [1.54, 1.807) is 0 Å². The highest BCUT2D eigenvalue weighted by molar-refractivity contribution is 5.70. The number of carboxylic acid groups (broad SMARTS) is 1. The lowest BCUT2D eigenvalue weighted by atomic mass is 9.73. The summed E-state index contributed by atoms with van der Waals surface area (Å²) in [6.07, 6.45) is 6.56. The van der Waals surface area contributed by atoms with E-state index in [0.717, 1.165) is 37.8 Å². The first-order valence-electron chi connectivity index (χ1n) is 7.26. The lowest BCUT2D eigenvalue weighted by Crippen LogP contribution is -2.31. The molecule has 0 radical (unpaired) electrons. The molecule has 3 unspecified atom stereocenters. The van der Waals surface area contributed by atoms with Gasteiger partial charge in [0.05, 0.1) is 5.92 Å². The van der Waals surface area contributed by atoms with Crippen molar-refractivity contribution in [2.24, 2.45) is 17.8 Å². The summed E-state index contributed by atoms with van der Waals surface area (Å²) in [5.74, 6) is 0.0441. The van der Waals surface area contributed by atoms with E-state index < -0.39 is 5.97 Å². The average Bonchev–Trinajstić information content (AvgIpc) is 2.39. The second kappa shape index (κ2) is 6.18. The lowest BCUT2D eigenvalue weighted by Gasteiger charge is -2.32. The van der Waals surface area contributed by atoms with Crippen molar-refractivity contribution in [3.05, 3.63) is 29.6 Å². The van der Waals surface area contributed by atoms with Crippen molar-refractivity contribution in [1.82, 2.24) is 4.98 Å². The van der Waals surface area contributed by atoms with Crippen LogP contribution in [0.2, 0.25) is 0 Å². The molecule has 1 aliphatic carbocycles. The zero-order chi connectivity index (χ0) is 13.8. The highest BCUT2D eigenvalue weighted by Crippen LogP contribution is 2.35. The fourth-order valence-electron chi connectivity index (χ4n) is 3.10. The van der Waals surface area contributed by atoms with Crippen LogP contribution in [0, 0.1) is 17.8 Å². The number of aliphatic carboxylic acids is 1. The Kier molecular flexibility index (Phi) is 4.56. The maximum atomic E-state index is 11.3. The van der Waals surface area contributed by atoms with E-state index in [1.165, 1.54) is 5.56 Å². The number of pyridine rings is 1. The Morgan fingerprint density at radius 2 is 2.21 bits per heavy atom.